The highest BCUT2D eigenvalue weighted by Crippen LogP contribution is 2.16. The van der Waals surface area contributed by atoms with Crippen molar-refractivity contribution in [2.24, 2.45) is 0 Å². The summed E-state index contributed by atoms with van der Waals surface area (Å²) in [6, 6.07) is 16.7. The molecule has 2 aromatic rings. The summed E-state index contributed by atoms with van der Waals surface area (Å²) in [6.07, 6.45) is 2.75. The standard InChI is InChI=1S/C20H25NO2/c1-16-5-2-7-18(11-16)15-23-19-8-3-6-17(12-19)13-21-14-20-9-4-10-22-20/h2-3,5-8,11-12,20-21H,4,9-10,13-15H2,1H3/t20-/m1/s1. The number of benzene rings is 2. The normalized spacial score (nSPS) is 17.3. The second kappa shape index (κ2) is 8.14. The molecule has 1 atom stereocenters. The number of rotatable bonds is 7. The van der Waals surface area contributed by atoms with E-state index in [0.717, 1.165) is 25.4 Å². The van der Waals surface area contributed by atoms with E-state index in [0.29, 0.717) is 12.7 Å². The van der Waals surface area contributed by atoms with Crippen LogP contribution in [-0.4, -0.2) is 19.3 Å². The van der Waals surface area contributed by atoms with Crippen LogP contribution in [0.15, 0.2) is 48.5 Å². The first kappa shape index (κ1) is 16.0. The molecule has 23 heavy (non-hydrogen) atoms. The molecule has 0 saturated carbocycles. The monoisotopic (exact) mass is 311 g/mol. The molecule has 0 radical (unpaired) electrons. The van der Waals surface area contributed by atoms with E-state index in [2.05, 4.69) is 54.7 Å². The van der Waals surface area contributed by atoms with Crippen LogP contribution >= 0.6 is 0 Å². The molecule has 1 fully saturated rings. The lowest BCUT2D eigenvalue weighted by Gasteiger charge is -2.12. The highest BCUT2D eigenvalue weighted by molar-refractivity contribution is 5.29. The maximum Gasteiger partial charge on any atom is 0.120 e. The summed E-state index contributed by atoms with van der Waals surface area (Å²) in [5.41, 5.74) is 3.70. The molecule has 122 valence electrons. The van der Waals surface area contributed by atoms with Crippen molar-refractivity contribution in [3.8, 4) is 5.75 Å². The van der Waals surface area contributed by atoms with Gasteiger partial charge in [-0.05, 0) is 43.0 Å². The first-order valence-corrected chi connectivity index (χ1v) is 8.39. The summed E-state index contributed by atoms with van der Waals surface area (Å²) in [5.74, 6) is 0.919. The lowest BCUT2D eigenvalue weighted by molar-refractivity contribution is 0.110. The van der Waals surface area contributed by atoms with Gasteiger partial charge in [-0.2, -0.15) is 0 Å². The molecule has 3 rings (SSSR count). The highest BCUT2D eigenvalue weighted by Gasteiger charge is 2.14. The molecular formula is C20H25NO2. The molecule has 0 bridgehead atoms. The van der Waals surface area contributed by atoms with Crippen molar-refractivity contribution in [2.45, 2.75) is 39.0 Å². The van der Waals surface area contributed by atoms with Crippen LogP contribution in [0.1, 0.15) is 29.5 Å². The smallest absolute Gasteiger partial charge is 0.120 e. The van der Waals surface area contributed by atoms with Crippen LogP contribution in [0.25, 0.3) is 0 Å². The summed E-state index contributed by atoms with van der Waals surface area (Å²) in [4.78, 5) is 0. The van der Waals surface area contributed by atoms with Crippen LogP contribution in [0.2, 0.25) is 0 Å². The number of hydrogen-bond donors (Lipinski definition) is 1. The molecule has 1 aliphatic heterocycles. The Morgan fingerprint density at radius 3 is 2.83 bits per heavy atom. The summed E-state index contributed by atoms with van der Waals surface area (Å²) in [5, 5.41) is 3.47. The van der Waals surface area contributed by atoms with Gasteiger partial charge in [0.1, 0.15) is 12.4 Å². The summed E-state index contributed by atoms with van der Waals surface area (Å²) >= 11 is 0. The van der Waals surface area contributed by atoms with Gasteiger partial charge in [0, 0.05) is 19.7 Å². The minimum absolute atomic E-state index is 0.385. The van der Waals surface area contributed by atoms with E-state index >= 15 is 0 Å². The Balaban J connectivity index is 1.48. The van der Waals surface area contributed by atoms with Gasteiger partial charge in [0.05, 0.1) is 6.10 Å². The number of nitrogens with one attached hydrogen (secondary N) is 1. The molecule has 0 amide bonds. The van der Waals surface area contributed by atoms with Gasteiger partial charge in [-0.25, -0.2) is 0 Å². The Bertz CT molecular complexity index is 621. The quantitative estimate of drug-likeness (QED) is 0.842. The lowest BCUT2D eigenvalue weighted by atomic mass is 10.1. The van der Waals surface area contributed by atoms with E-state index in [1.165, 1.54) is 29.5 Å². The zero-order valence-electron chi connectivity index (χ0n) is 13.8. The topological polar surface area (TPSA) is 30.5 Å². The average Bonchev–Trinajstić information content (AvgIpc) is 3.07. The van der Waals surface area contributed by atoms with Gasteiger partial charge in [-0.1, -0.05) is 42.0 Å². The van der Waals surface area contributed by atoms with Gasteiger partial charge in [0.15, 0.2) is 0 Å². The predicted octanol–water partition coefficient (Wildman–Crippen LogP) is 3.84. The maximum atomic E-state index is 5.92. The minimum atomic E-state index is 0.385. The third kappa shape index (κ3) is 5.08. The highest BCUT2D eigenvalue weighted by atomic mass is 16.5. The number of hydrogen-bond acceptors (Lipinski definition) is 3. The Morgan fingerprint density at radius 2 is 2.00 bits per heavy atom. The minimum Gasteiger partial charge on any atom is -0.489 e. The fraction of sp³-hybridized carbons (Fsp3) is 0.400. The van der Waals surface area contributed by atoms with Gasteiger partial charge in [0.25, 0.3) is 0 Å². The van der Waals surface area contributed by atoms with E-state index < -0.39 is 0 Å². The Labute approximate surface area is 138 Å². The van der Waals surface area contributed by atoms with E-state index in [-0.39, 0.29) is 0 Å². The van der Waals surface area contributed by atoms with Crippen molar-refractivity contribution >= 4 is 0 Å². The first-order chi connectivity index (χ1) is 11.3. The Hall–Kier alpha value is -1.84. The SMILES string of the molecule is Cc1cccc(COc2cccc(CNC[C@H]3CCCO3)c2)c1. The zero-order chi connectivity index (χ0) is 15.9. The van der Waals surface area contributed by atoms with Crippen molar-refractivity contribution in [3.63, 3.8) is 0 Å². The Morgan fingerprint density at radius 1 is 1.13 bits per heavy atom. The molecule has 1 saturated heterocycles. The second-order valence-corrected chi connectivity index (χ2v) is 6.19. The molecule has 2 aromatic carbocycles. The van der Waals surface area contributed by atoms with Crippen molar-refractivity contribution in [1.82, 2.24) is 5.32 Å². The fourth-order valence-electron chi connectivity index (χ4n) is 2.90. The van der Waals surface area contributed by atoms with Gasteiger partial charge < -0.3 is 14.8 Å². The first-order valence-electron chi connectivity index (χ1n) is 8.39. The molecule has 1 heterocycles. The van der Waals surface area contributed by atoms with E-state index in [9.17, 15) is 0 Å². The van der Waals surface area contributed by atoms with Crippen LogP contribution in [-0.2, 0) is 17.9 Å². The molecule has 3 heteroatoms. The van der Waals surface area contributed by atoms with E-state index in [4.69, 9.17) is 9.47 Å². The molecule has 0 aliphatic carbocycles. The van der Waals surface area contributed by atoms with Crippen molar-refractivity contribution in [2.75, 3.05) is 13.2 Å². The van der Waals surface area contributed by atoms with Gasteiger partial charge in [-0.15, -0.1) is 0 Å². The molecule has 0 spiro atoms. The molecule has 1 aliphatic rings. The van der Waals surface area contributed by atoms with Gasteiger partial charge >= 0.3 is 0 Å². The maximum absolute atomic E-state index is 5.92. The number of aryl methyl sites for hydroxylation is 1. The fourth-order valence-corrected chi connectivity index (χ4v) is 2.90. The van der Waals surface area contributed by atoms with Crippen LogP contribution in [0.5, 0.6) is 5.75 Å². The van der Waals surface area contributed by atoms with Crippen LogP contribution in [0.3, 0.4) is 0 Å². The largest absolute Gasteiger partial charge is 0.489 e. The van der Waals surface area contributed by atoms with Gasteiger partial charge in [-0.3, -0.25) is 0 Å². The predicted molar refractivity (Wildman–Crippen MR) is 92.6 cm³/mol. The third-order valence-electron chi connectivity index (χ3n) is 4.11. The van der Waals surface area contributed by atoms with Crippen LogP contribution < -0.4 is 10.1 Å². The summed E-state index contributed by atoms with van der Waals surface area (Å²) in [7, 11) is 0. The van der Waals surface area contributed by atoms with Crippen LogP contribution in [0, 0.1) is 6.92 Å². The molecule has 0 aromatic heterocycles. The molecular weight excluding hydrogens is 286 g/mol. The summed E-state index contributed by atoms with van der Waals surface area (Å²) < 4.78 is 11.5. The van der Waals surface area contributed by atoms with Crippen LogP contribution in [0.4, 0.5) is 0 Å². The molecule has 0 unspecified atom stereocenters. The molecule has 1 N–H and O–H groups in total. The van der Waals surface area contributed by atoms with Gasteiger partial charge in [0.2, 0.25) is 0 Å². The molecule has 3 nitrogen and oxygen atoms in total. The summed E-state index contributed by atoms with van der Waals surface area (Å²) in [6.45, 7) is 5.39. The average molecular weight is 311 g/mol. The van der Waals surface area contributed by atoms with Crippen molar-refractivity contribution in [3.05, 3.63) is 65.2 Å². The van der Waals surface area contributed by atoms with Crippen molar-refractivity contribution in [1.29, 1.82) is 0 Å². The van der Waals surface area contributed by atoms with E-state index in [1.54, 1.807) is 0 Å². The lowest BCUT2D eigenvalue weighted by Crippen LogP contribution is -2.25. The van der Waals surface area contributed by atoms with E-state index in [1.807, 2.05) is 6.07 Å². The zero-order valence-corrected chi connectivity index (χ0v) is 13.8. The number of ether oxygens (including phenoxy) is 2. The Kier molecular flexibility index (Phi) is 5.67. The second-order valence-electron chi connectivity index (χ2n) is 6.19. The van der Waals surface area contributed by atoms with Crippen molar-refractivity contribution < 1.29 is 9.47 Å². The third-order valence-corrected chi connectivity index (χ3v) is 4.11.